The molecule has 13 nitrogen and oxygen atoms in total. The van der Waals surface area contributed by atoms with Crippen LogP contribution in [0.3, 0.4) is 0 Å². The molecule has 4 N–H and O–H groups in total. The first-order valence-corrected chi connectivity index (χ1v) is 16.8. The summed E-state index contributed by atoms with van der Waals surface area (Å²) in [5.41, 5.74) is 7.03. The van der Waals surface area contributed by atoms with Gasteiger partial charge in [0.15, 0.2) is 11.3 Å². The number of alkyl halides is 5. The van der Waals surface area contributed by atoms with Crippen LogP contribution < -0.4 is 16.4 Å². The summed E-state index contributed by atoms with van der Waals surface area (Å²) >= 11 is 0. The van der Waals surface area contributed by atoms with Gasteiger partial charge in [0.2, 0.25) is 11.8 Å². The molecular weight excluding hydrogens is 671 g/mol. The summed E-state index contributed by atoms with van der Waals surface area (Å²) in [6.07, 6.45) is 3.12. The van der Waals surface area contributed by atoms with Gasteiger partial charge in [0.25, 0.3) is 5.91 Å². The average Bonchev–Trinajstić information content (AvgIpc) is 3.45. The van der Waals surface area contributed by atoms with Crippen LogP contribution in [-0.4, -0.2) is 67.1 Å². The van der Waals surface area contributed by atoms with Crippen LogP contribution in [0.15, 0.2) is 23.1 Å². The zero-order valence-corrected chi connectivity index (χ0v) is 28.6. The van der Waals surface area contributed by atoms with Crippen molar-refractivity contribution >= 4 is 23.6 Å². The molecule has 6 rings (SSSR count). The Hall–Kier alpha value is -4.38. The molecule has 3 fully saturated rings. The molecule has 0 bridgehead atoms. The van der Waals surface area contributed by atoms with Gasteiger partial charge in [0.1, 0.15) is 17.8 Å². The van der Waals surface area contributed by atoms with Crippen LogP contribution in [0.4, 0.5) is 26.7 Å². The quantitative estimate of drug-likeness (QED) is 0.235. The predicted molar refractivity (Wildman–Crippen MR) is 170 cm³/mol. The largest absolute Gasteiger partial charge is 0.447 e. The van der Waals surface area contributed by atoms with Gasteiger partial charge in [-0.2, -0.15) is 18.3 Å². The molecule has 3 unspecified atom stereocenters. The third-order valence-electron chi connectivity index (χ3n) is 8.11. The first kappa shape index (κ1) is 40.1. The maximum Gasteiger partial charge on any atom is 0.408 e. The highest BCUT2D eigenvalue weighted by Crippen LogP contribution is 2.40. The Morgan fingerprint density at radius 3 is 2.38 bits per heavy atom. The molecule has 2 saturated carbocycles. The molecule has 1 saturated heterocycles. The van der Waals surface area contributed by atoms with Crippen LogP contribution in [0.5, 0.6) is 0 Å². The van der Waals surface area contributed by atoms with E-state index in [9.17, 15) is 36.3 Å². The number of amides is 3. The first-order chi connectivity index (χ1) is 23.6. The molecule has 2 aliphatic carbocycles. The van der Waals surface area contributed by atoms with Gasteiger partial charge < -0.3 is 21.1 Å². The van der Waals surface area contributed by atoms with Crippen LogP contribution in [-0.2, 0) is 22.5 Å². The topological polar surface area (TPSA) is 180 Å². The number of nitrogens with zero attached hydrogens (tertiary/aromatic N) is 5. The van der Waals surface area contributed by atoms with Crippen LogP contribution in [0, 0.1) is 5.92 Å². The molecule has 50 heavy (non-hydrogen) atoms. The van der Waals surface area contributed by atoms with E-state index in [1.807, 2.05) is 26.1 Å². The van der Waals surface area contributed by atoms with Gasteiger partial charge in [-0.3, -0.25) is 9.59 Å². The molecular formula is C32H45F5N8O5. The SMILES string of the molecule is CC.CCC(C)OC(N)=O.FC1(F)CCCCC1.O=C(NCc1cn2ncc(CC3CC(C(F)(F)F)NC3=O)cc2n1)c1nonc1C1CC1. The molecule has 1 aliphatic heterocycles. The fourth-order valence-corrected chi connectivity index (χ4v) is 5.16. The second kappa shape index (κ2) is 18.0. The van der Waals surface area contributed by atoms with Crippen molar-refractivity contribution in [1.29, 1.82) is 0 Å². The number of fused-ring (bicyclic) bond motifs is 1. The van der Waals surface area contributed by atoms with E-state index in [0.717, 1.165) is 25.7 Å². The number of hydrogen-bond donors (Lipinski definition) is 3. The van der Waals surface area contributed by atoms with Gasteiger partial charge in [-0.15, -0.1) is 0 Å². The van der Waals surface area contributed by atoms with E-state index < -0.39 is 42.0 Å². The van der Waals surface area contributed by atoms with Gasteiger partial charge in [-0.1, -0.05) is 32.3 Å². The molecule has 3 amide bonds. The Balaban J connectivity index is 0.000000309. The number of halogens is 5. The third-order valence-corrected chi connectivity index (χ3v) is 8.11. The highest BCUT2D eigenvalue weighted by molar-refractivity contribution is 5.93. The summed E-state index contributed by atoms with van der Waals surface area (Å²) in [6, 6.07) is -0.155. The van der Waals surface area contributed by atoms with Crippen LogP contribution >= 0.6 is 0 Å². The number of ether oxygens (including phenoxy) is 1. The zero-order valence-electron chi connectivity index (χ0n) is 28.6. The number of aromatic nitrogens is 5. The Labute approximate surface area is 286 Å². The van der Waals surface area contributed by atoms with Crippen molar-refractivity contribution in [3.05, 3.63) is 41.1 Å². The molecule has 3 aromatic rings. The maximum absolute atomic E-state index is 12.9. The third kappa shape index (κ3) is 12.2. The second-order valence-corrected chi connectivity index (χ2v) is 12.2. The summed E-state index contributed by atoms with van der Waals surface area (Å²) < 4.78 is 73.7. The van der Waals surface area contributed by atoms with Crippen LogP contribution in [0.2, 0.25) is 0 Å². The lowest BCUT2D eigenvalue weighted by molar-refractivity contribution is -0.154. The first-order valence-electron chi connectivity index (χ1n) is 16.8. The number of nitrogens with one attached hydrogen (secondary N) is 2. The van der Waals surface area contributed by atoms with Gasteiger partial charge in [0.05, 0.1) is 24.6 Å². The monoisotopic (exact) mass is 716 g/mol. The van der Waals surface area contributed by atoms with Crippen molar-refractivity contribution in [1.82, 2.24) is 35.5 Å². The molecule has 278 valence electrons. The summed E-state index contributed by atoms with van der Waals surface area (Å²) in [7, 11) is 0. The molecule has 0 aromatic carbocycles. The Morgan fingerprint density at radius 2 is 1.86 bits per heavy atom. The lowest BCUT2D eigenvalue weighted by atomic mass is 9.97. The molecule has 4 heterocycles. The van der Waals surface area contributed by atoms with E-state index in [-0.39, 0.29) is 49.9 Å². The van der Waals surface area contributed by atoms with Crippen molar-refractivity contribution in [2.45, 2.75) is 129 Å². The summed E-state index contributed by atoms with van der Waals surface area (Å²) in [4.78, 5) is 38.7. The minimum absolute atomic E-state index is 0.0486. The fourth-order valence-electron chi connectivity index (χ4n) is 5.16. The van der Waals surface area contributed by atoms with E-state index in [0.29, 0.717) is 35.4 Å². The predicted octanol–water partition coefficient (Wildman–Crippen LogP) is 6.02. The Kier molecular flexibility index (Phi) is 14.4. The molecule has 3 aliphatic rings. The van der Waals surface area contributed by atoms with Crippen molar-refractivity contribution in [2.75, 3.05) is 0 Å². The average molecular weight is 717 g/mol. The zero-order chi connectivity index (χ0) is 37.1. The highest BCUT2D eigenvalue weighted by atomic mass is 19.4. The number of primary amides is 1. The Bertz CT molecular complexity index is 1550. The van der Waals surface area contributed by atoms with Gasteiger partial charge >= 0.3 is 12.3 Å². The maximum atomic E-state index is 12.9. The van der Waals surface area contributed by atoms with Gasteiger partial charge in [-0.05, 0) is 68.7 Å². The normalized spacial score (nSPS) is 20.1. The second-order valence-electron chi connectivity index (χ2n) is 12.2. The number of carbonyl (C=O) groups is 3. The summed E-state index contributed by atoms with van der Waals surface area (Å²) in [5, 5.41) is 16.4. The minimum atomic E-state index is -4.46. The lowest BCUT2D eigenvalue weighted by Gasteiger charge is -2.20. The summed E-state index contributed by atoms with van der Waals surface area (Å²) in [6.45, 7) is 7.84. The van der Waals surface area contributed by atoms with E-state index in [1.165, 1.54) is 10.7 Å². The fraction of sp³-hybridized carbons (Fsp3) is 0.656. The highest BCUT2D eigenvalue weighted by Gasteiger charge is 2.47. The molecule has 18 heteroatoms. The summed E-state index contributed by atoms with van der Waals surface area (Å²) in [5.74, 6) is -3.92. The van der Waals surface area contributed by atoms with Crippen molar-refractivity contribution < 1.29 is 45.7 Å². The van der Waals surface area contributed by atoms with E-state index in [4.69, 9.17) is 5.73 Å². The molecule has 3 atom stereocenters. The number of hydrogen-bond acceptors (Lipinski definition) is 9. The lowest BCUT2D eigenvalue weighted by Crippen LogP contribution is -2.38. The van der Waals surface area contributed by atoms with Crippen molar-refractivity contribution in [2.24, 2.45) is 11.7 Å². The number of nitrogens with two attached hydrogens (primary N) is 1. The standard InChI is InChI=1S/C19H18F3N7O3.C6H10F2.C5H11NO2.C2H6/c20-19(21,22)13-5-11(17(30)26-13)3-9-4-14-25-12(8-29(14)24-6-9)7-23-18(31)16-15(10-1-2-10)27-32-28-16;7-6(8)4-2-1-3-5-6;1-3-4(2)8-5(6)7;1-2/h4,6,8,10-11,13H,1-3,5,7H2,(H,23,31)(H,26,30);1-5H2;4H,3H2,1-2H3,(H2,6,7);1-2H3. The number of rotatable bonds is 8. The minimum Gasteiger partial charge on any atom is -0.447 e. The van der Waals surface area contributed by atoms with Crippen molar-refractivity contribution in [3.63, 3.8) is 0 Å². The molecule has 0 radical (unpaired) electrons. The van der Waals surface area contributed by atoms with Gasteiger partial charge in [-0.25, -0.2) is 27.7 Å². The number of carbonyl (C=O) groups excluding carboxylic acids is 3. The van der Waals surface area contributed by atoms with Crippen molar-refractivity contribution in [3.8, 4) is 0 Å². The van der Waals surface area contributed by atoms with E-state index in [1.54, 1.807) is 19.2 Å². The van der Waals surface area contributed by atoms with E-state index in [2.05, 4.69) is 35.1 Å². The smallest absolute Gasteiger partial charge is 0.408 e. The molecule has 3 aromatic heterocycles. The van der Waals surface area contributed by atoms with E-state index >= 15 is 0 Å². The Morgan fingerprint density at radius 1 is 1.18 bits per heavy atom. The van der Waals surface area contributed by atoms with Crippen LogP contribution in [0.1, 0.15) is 119 Å². The van der Waals surface area contributed by atoms with Gasteiger partial charge in [0, 0.05) is 24.7 Å². The number of imidazole rings is 1. The van der Waals surface area contributed by atoms with Crippen LogP contribution in [0.25, 0.3) is 5.65 Å². The molecule has 0 spiro atoms.